The standard InChI is InChI=1S/C12H18ClNO/c1-2-12(6-7-15)14-9-10-4-3-5-11(13)8-10/h3-5,8,12,14-15H,2,6-7,9H2,1H3. The van der Waals surface area contributed by atoms with Crippen LogP contribution in [0.5, 0.6) is 0 Å². The van der Waals surface area contributed by atoms with Gasteiger partial charge in [0.05, 0.1) is 0 Å². The molecule has 0 amide bonds. The molecular weight excluding hydrogens is 210 g/mol. The van der Waals surface area contributed by atoms with Gasteiger partial charge in [0.15, 0.2) is 0 Å². The van der Waals surface area contributed by atoms with Crippen molar-refractivity contribution in [3.05, 3.63) is 34.9 Å². The van der Waals surface area contributed by atoms with Gasteiger partial charge in [-0.15, -0.1) is 0 Å². The predicted octanol–water partition coefficient (Wildman–Crippen LogP) is 2.59. The Kier molecular flexibility index (Phi) is 5.69. The quantitative estimate of drug-likeness (QED) is 0.783. The third-order valence-electron chi connectivity index (χ3n) is 2.45. The molecule has 1 atom stereocenters. The molecule has 0 aliphatic carbocycles. The van der Waals surface area contributed by atoms with Crippen molar-refractivity contribution >= 4 is 11.6 Å². The van der Waals surface area contributed by atoms with Gasteiger partial charge in [0.25, 0.3) is 0 Å². The van der Waals surface area contributed by atoms with Gasteiger partial charge < -0.3 is 10.4 Å². The Hall–Kier alpha value is -0.570. The highest BCUT2D eigenvalue weighted by Crippen LogP contribution is 2.10. The van der Waals surface area contributed by atoms with Crippen LogP contribution in [0.1, 0.15) is 25.3 Å². The van der Waals surface area contributed by atoms with Crippen LogP contribution in [0.25, 0.3) is 0 Å². The molecule has 1 aromatic carbocycles. The minimum atomic E-state index is 0.237. The lowest BCUT2D eigenvalue weighted by Gasteiger charge is -2.15. The number of halogens is 1. The van der Waals surface area contributed by atoms with Crippen molar-refractivity contribution in [3.8, 4) is 0 Å². The third kappa shape index (κ3) is 4.65. The first-order chi connectivity index (χ1) is 7.26. The van der Waals surface area contributed by atoms with Gasteiger partial charge in [0.2, 0.25) is 0 Å². The second kappa shape index (κ2) is 6.83. The van der Waals surface area contributed by atoms with Crippen LogP contribution in [-0.2, 0) is 6.54 Å². The number of aliphatic hydroxyl groups is 1. The number of hydrogen-bond donors (Lipinski definition) is 2. The van der Waals surface area contributed by atoms with Crippen LogP contribution >= 0.6 is 11.6 Å². The zero-order chi connectivity index (χ0) is 11.1. The van der Waals surface area contributed by atoms with E-state index in [-0.39, 0.29) is 6.61 Å². The average molecular weight is 228 g/mol. The van der Waals surface area contributed by atoms with Crippen LogP contribution in [0.4, 0.5) is 0 Å². The topological polar surface area (TPSA) is 32.3 Å². The largest absolute Gasteiger partial charge is 0.396 e. The third-order valence-corrected chi connectivity index (χ3v) is 2.69. The highest BCUT2D eigenvalue weighted by Gasteiger charge is 2.04. The van der Waals surface area contributed by atoms with Gasteiger partial charge in [-0.1, -0.05) is 30.7 Å². The van der Waals surface area contributed by atoms with Crippen molar-refractivity contribution in [2.75, 3.05) is 6.61 Å². The molecule has 3 heteroatoms. The Balaban J connectivity index is 2.41. The van der Waals surface area contributed by atoms with Crippen molar-refractivity contribution in [2.45, 2.75) is 32.4 Å². The first kappa shape index (κ1) is 12.5. The molecule has 0 spiro atoms. The van der Waals surface area contributed by atoms with E-state index in [1.54, 1.807) is 0 Å². The van der Waals surface area contributed by atoms with Crippen LogP contribution in [0, 0.1) is 0 Å². The van der Waals surface area contributed by atoms with Crippen molar-refractivity contribution in [3.63, 3.8) is 0 Å². The fraction of sp³-hybridized carbons (Fsp3) is 0.500. The fourth-order valence-electron chi connectivity index (χ4n) is 1.52. The van der Waals surface area contributed by atoms with Gasteiger partial charge in [-0.3, -0.25) is 0 Å². The van der Waals surface area contributed by atoms with Gasteiger partial charge in [0, 0.05) is 24.2 Å². The van der Waals surface area contributed by atoms with E-state index in [0.29, 0.717) is 6.04 Å². The summed E-state index contributed by atoms with van der Waals surface area (Å²) < 4.78 is 0. The smallest absolute Gasteiger partial charge is 0.0445 e. The van der Waals surface area contributed by atoms with E-state index in [2.05, 4.69) is 12.2 Å². The maximum Gasteiger partial charge on any atom is 0.0445 e. The molecule has 0 bridgehead atoms. The van der Waals surface area contributed by atoms with Gasteiger partial charge >= 0.3 is 0 Å². The zero-order valence-corrected chi connectivity index (χ0v) is 9.80. The number of benzene rings is 1. The molecule has 2 nitrogen and oxygen atoms in total. The van der Waals surface area contributed by atoms with E-state index in [1.165, 1.54) is 5.56 Å². The first-order valence-electron chi connectivity index (χ1n) is 5.35. The number of nitrogens with one attached hydrogen (secondary N) is 1. The van der Waals surface area contributed by atoms with Crippen LogP contribution in [0.3, 0.4) is 0 Å². The molecule has 1 unspecified atom stereocenters. The summed E-state index contributed by atoms with van der Waals surface area (Å²) in [5, 5.41) is 13.0. The summed E-state index contributed by atoms with van der Waals surface area (Å²) in [6.07, 6.45) is 1.83. The van der Waals surface area contributed by atoms with E-state index in [4.69, 9.17) is 16.7 Å². The van der Waals surface area contributed by atoms with E-state index >= 15 is 0 Å². The summed E-state index contributed by atoms with van der Waals surface area (Å²) in [6, 6.07) is 8.21. The molecule has 2 N–H and O–H groups in total. The molecule has 1 rings (SSSR count). The molecule has 0 aromatic heterocycles. The summed E-state index contributed by atoms with van der Waals surface area (Å²) in [6.45, 7) is 3.16. The Bertz CT molecular complexity index is 291. The molecule has 0 heterocycles. The fourth-order valence-corrected chi connectivity index (χ4v) is 1.73. The molecule has 0 saturated heterocycles. The molecule has 15 heavy (non-hydrogen) atoms. The zero-order valence-electron chi connectivity index (χ0n) is 9.04. The minimum absolute atomic E-state index is 0.237. The summed E-state index contributed by atoms with van der Waals surface area (Å²) in [7, 11) is 0. The number of rotatable bonds is 6. The molecule has 0 fully saturated rings. The van der Waals surface area contributed by atoms with Crippen LogP contribution in [-0.4, -0.2) is 17.8 Å². The highest BCUT2D eigenvalue weighted by atomic mass is 35.5. The lowest BCUT2D eigenvalue weighted by atomic mass is 10.1. The first-order valence-corrected chi connectivity index (χ1v) is 5.72. The Morgan fingerprint density at radius 3 is 2.87 bits per heavy atom. The molecular formula is C12H18ClNO. The summed E-state index contributed by atoms with van der Waals surface area (Å²) in [4.78, 5) is 0. The lowest BCUT2D eigenvalue weighted by Crippen LogP contribution is -2.28. The lowest BCUT2D eigenvalue weighted by molar-refractivity contribution is 0.262. The van der Waals surface area contributed by atoms with E-state index in [1.807, 2.05) is 24.3 Å². The van der Waals surface area contributed by atoms with Crippen LogP contribution < -0.4 is 5.32 Å². The second-order valence-corrected chi connectivity index (χ2v) is 4.06. The molecule has 84 valence electrons. The van der Waals surface area contributed by atoms with E-state index in [0.717, 1.165) is 24.4 Å². The van der Waals surface area contributed by atoms with E-state index < -0.39 is 0 Å². The van der Waals surface area contributed by atoms with E-state index in [9.17, 15) is 0 Å². The number of aliphatic hydroxyl groups excluding tert-OH is 1. The SMILES string of the molecule is CCC(CCO)NCc1cccc(Cl)c1. The molecule has 0 radical (unpaired) electrons. The molecule has 1 aromatic rings. The van der Waals surface area contributed by atoms with Crippen molar-refractivity contribution < 1.29 is 5.11 Å². The second-order valence-electron chi connectivity index (χ2n) is 3.63. The van der Waals surface area contributed by atoms with Gasteiger partial charge in [-0.2, -0.15) is 0 Å². The summed E-state index contributed by atoms with van der Waals surface area (Å²) in [5.74, 6) is 0. The Labute approximate surface area is 96.3 Å². The van der Waals surface area contributed by atoms with Crippen molar-refractivity contribution in [1.82, 2.24) is 5.32 Å². The average Bonchev–Trinajstić information content (AvgIpc) is 2.24. The van der Waals surface area contributed by atoms with Crippen molar-refractivity contribution in [2.24, 2.45) is 0 Å². The normalized spacial score (nSPS) is 12.7. The minimum Gasteiger partial charge on any atom is -0.396 e. The van der Waals surface area contributed by atoms with Crippen LogP contribution in [0.15, 0.2) is 24.3 Å². The monoisotopic (exact) mass is 227 g/mol. The van der Waals surface area contributed by atoms with Gasteiger partial charge in [-0.25, -0.2) is 0 Å². The van der Waals surface area contributed by atoms with Crippen LogP contribution in [0.2, 0.25) is 5.02 Å². The Morgan fingerprint density at radius 2 is 2.27 bits per heavy atom. The molecule has 0 saturated carbocycles. The summed E-state index contributed by atoms with van der Waals surface area (Å²) >= 11 is 5.89. The highest BCUT2D eigenvalue weighted by molar-refractivity contribution is 6.30. The maximum absolute atomic E-state index is 8.85. The summed E-state index contributed by atoms with van der Waals surface area (Å²) in [5.41, 5.74) is 1.18. The van der Waals surface area contributed by atoms with Gasteiger partial charge in [-0.05, 0) is 30.5 Å². The predicted molar refractivity (Wildman–Crippen MR) is 64.1 cm³/mol. The van der Waals surface area contributed by atoms with Gasteiger partial charge in [0.1, 0.15) is 0 Å². The Morgan fingerprint density at radius 1 is 1.47 bits per heavy atom. The molecule has 0 aliphatic rings. The molecule has 0 aliphatic heterocycles. The number of hydrogen-bond acceptors (Lipinski definition) is 2. The maximum atomic E-state index is 8.85. The van der Waals surface area contributed by atoms with Crippen molar-refractivity contribution in [1.29, 1.82) is 0 Å².